The number of rotatable bonds is 1. The number of fused-ring (bicyclic) bond motifs is 2. The van der Waals surface area contributed by atoms with E-state index in [4.69, 9.17) is 11.6 Å². The quantitative estimate of drug-likeness (QED) is 0.723. The second-order valence-electron chi connectivity index (χ2n) is 5.17. The number of aromatic nitrogens is 3. The van der Waals surface area contributed by atoms with E-state index in [1.165, 1.54) is 10.9 Å². The molecule has 2 aromatic carbocycles. The molecule has 7 heteroatoms. The van der Waals surface area contributed by atoms with E-state index in [2.05, 4.69) is 15.5 Å². The van der Waals surface area contributed by atoms with E-state index in [1.54, 1.807) is 24.3 Å². The van der Waals surface area contributed by atoms with Crippen LogP contribution in [0.2, 0.25) is 5.02 Å². The van der Waals surface area contributed by atoms with Crippen molar-refractivity contribution >= 4 is 34.2 Å². The molecule has 2 heterocycles. The van der Waals surface area contributed by atoms with Crippen LogP contribution in [0.5, 0.6) is 5.75 Å². The van der Waals surface area contributed by atoms with E-state index in [0.29, 0.717) is 40.3 Å². The predicted molar refractivity (Wildman–Crippen MR) is 82.5 cm³/mol. The first kappa shape index (κ1) is 13.1. The van der Waals surface area contributed by atoms with E-state index >= 15 is 0 Å². The van der Waals surface area contributed by atoms with Crippen LogP contribution in [0.4, 0.5) is 5.69 Å². The number of aryl methyl sites for hydroxylation is 1. The number of carbonyl (C=O) groups excluding carboxylic acids is 1. The van der Waals surface area contributed by atoms with Crippen molar-refractivity contribution in [3.8, 4) is 11.4 Å². The van der Waals surface area contributed by atoms with Crippen LogP contribution in [-0.2, 0) is 11.2 Å². The Balaban J connectivity index is 1.85. The molecule has 22 heavy (non-hydrogen) atoms. The maximum Gasteiger partial charge on any atom is 0.224 e. The molecular weight excluding hydrogens is 304 g/mol. The Bertz CT molecular complexity index is 919. The summed E-state index contributed by atoms with van der Waals surface area (Å²) in [6.45, 7) is 0. The van der Waals surface area contributed by atoms with Gasteiger partial charge in [-0.15, -0.1) is 15.0 Å². The summed E-state index contributed by atoms with van der Waals surface area (Å²) >= 11 is 5.95. The average molecular weight is 315 g/mol. The molecule has 0 aliphatic carbocycles. The second kappa shape index (κ2) is 4.71. The summed E-state index contributed by atoms with van der Waals surface area (Å²) in [5.74, 6) is -0.0374. The standard InChI is InChI=1S/C15H11ClN4O2/c16-9-2-3-10-12(6-9)19-20(18-10)13-5-8-1-4-15(22)17-11(8)7-14(13)21/h2-3,5-7,21H,1,4H2,(H,17,22). The maximum absolute atomic E-state index is 11.4. The molecule has 0 spiro atoms. The van der Waals surface area contributed by atoms with Gasteiger partial charge in [0.1, 0.15) is 22.5 Å². The van der Waals surface area contributed by atoms with Gasteiger partial charge < -0.3 is 10.4 Å². The lowest BCUT2D eigenvalue weighted by atomic mass is 10.0. The third-order valence-electron chi connectivity index (χ3n) is 3.65. The predicted octanol–water partition coefficient (Wildman–Crippen LogP) is 2.66. The van der Waals surface area contributed by atoms with Crippen molar-refractivity contribution in [1.82, 2.24) is 15.0 Å². The summed E-state index contributed by atoms with van der Waals surface area (Å²) in [6, 6.07) is 8.56. The molecule has 1 amide bonds. The SMILES string of the molecule is O=C1CCc2cc(-n3nc4ccc(Cl)cc4n3)c(O)cc2N1. The van der Waals surface area contributed by atoms with Crippen molar-refractivity contribution in [1.29, 1.82) is 0 Å². The smallest absolute Gasteiger partial charge is 0.224 e. The van der Waals surface area contributed by atoms with Gasteiger partial charge in [-0.05, 0) is 36.2 Å². The monoisotopic (exact) mass is 314 g/mol. The fraction of sp³-hybridized carbons (Fsp3) is 0.133. The fourth-order valence-corrected chi connectivity index (χ4v) is 2.73. The Morgan fingerprint density at radius 2 is 1.95 bits per heavy atom. The fourth-order valence-electron chi connectivity index (χ4n) is 2.56. The maximum atomic E-state index is 11.4. The second-order valence-corrected chi connectivity index (χ2v) is 5.61. The van der Waals surface area contributed by atoms with Crippen LogP contribution in [0, 0.1) is 0 Å². The number of amides is 1. The third-order valence-corrected chi connectivity index (χ3v) is 3.89. The normalized spacial score (nSPS) is 14.0. The van der Waals surface area contributed by atoms with E-state index in [-0.39, 0.29) is 11.7 Å². The molecule has 1 aliphatic rings. The summed E-state index contributed by atoms with van der Waals surface area (Å²) in [6.07, 6.45) is 1.06. The van der Waals surface area contributed by atoms with Crippen LogP contribution in [0.25, 0.3) is 16.7 Å². The zero-order valence-electron chi connectivity index (χ0n) is 11.4. The number of halogens is 1. The number of aromatic hydroxyl groups is 1. The lowest BCUT2D eigenvalue weighted by molar-refractivity contribution is -0.116. The van der Waals surface area contributed by atoms with Gasteiger partial charge in [0, 0.05) is 23.2 Å². The molecule has 1 aromatic heterocycles. The molecule has 6 nitrogen and oxygen atoms in total. The highest BCUT2D eigenvalue weighted by Crippen LogP contribution is 2.32. The van der Waals surface area contributed by atoms with E-state index in [9.17, 15) is 9.90 Å². The highest BCUT2D eigenvalue weighted by molar-refractivity contribution is 6.31. The molecular formula is C15H11ClN4O2. The largest absolute Gasteiger partial charge is 0.506 e. The van der Waals surface area contributed by atoms with Crippen LogP contribution in [0.3, 0.4) is 0 Å². The van der Waals surface area contributed by atoms with Crippen molar-refractivity contribution in [3.05, 3.63) is 40.9 Å². The highest BCUT2D eigenvalue weighted by atomic mass is 35.5. The van der Waals surface area contributed by atoms with Gasteiger partial charge in [-0.2, -0.15) is 0 Å². The lowest BCUT2D eigenvalue weighted by Gasteiger charge is -2.18. The molecule has 0 unspecified atom stereocenters. The van der Waals surface area contributed by atoms with Gasteiger partial charge >= 0.3 is 0 Å². The van der Waals surface area contributed by atoms with Gasteiger partial charge in [0.15, 0.2) is 0 Å². The molecule has 0 fully saturated rings. The molecule has 0 atom stereocenters. The first-order chi connectivity index (χ1) is 10.6. The number of carbonyl (C=O) groups is 1. The van der Waals surface area contributed by atoms with Gasteiger partial charge in [-0.25, -0.2) is 0 Å². The number of hydrogen-bond acceptors (Lipinski definition) is 4. The summed E-state index contributed by atoms with van der Waals surface area (Å²) in [5.41, 5.74) is 3.40. The minimum atomic E-state index is -0.0442. The molecule has 1 aliphatic heterocycles. The highest BCUT2D eigenvalue weighted by Gasteiger charge is 2.19. The van der Waals surface area contributed by atoms with Crippen LogP contribution in [0.1, 0.15) is 12.0 Å². The lowest BCUT2D eigenvalue weighted by Crippen LogP contribution is -2.19. The average Bonchev–Trinajstić information content (AvgIpc) is 2.89. The topological polar surface area (TPSA) is 80.0 Å². The van der Waals surface area contributed by atoms with Gasteiger partial charge in [-0.3, -0.25) is 4.79 Å². The summed E-state index contributed by atoms with van der Waals surface area (Å²) in [7, 11) is 0. The zero-order chi connectivity index (χ0) is 15.3. The van der Waals surface area contributed by atoms with Crippen molar-refractivity contribution in [2.45, 2.75) is 12.8 Å². The Kier molecular flexibility index (Phi) is 2.80. The number of benzene rings is 2. The Morgan fingerprint density at radius 3 is 2.82 bits per heavy atom. The molecule has 3 aromatic rings. The van der Waals surface area contributed by atoms with Crippen LogP contribution >= 0.6 is 11.6 Å². The summed E-state index contributed by atoms with van der Waals surface area (Å²) in [5, 5.41) is 22.2. The van der Waals surface area contributed by atoms with E-state index < -0.39 is 0 Å². The third kappa shape index (κ3) is 2.08. The first-order valence-electron chi connectivity index (χ1n) is 6.79. The molecule has 110 valence electrons. The molecule has 2 N–H and O–H groups in total. The van der Waals surface area contributed by atoms with Gasteiger partial charge in [0.05, 0.1) is 0 Å². The minimum Gasteiger partial charge on any atom is -0.506 e. The first-order valence-corrected chi connectivity index (χ1v) is 7.17. The Hall–Kier alpha value is -2.60. The molecule has 4 rings (SSSR count). The molecule has 0 bridgehead atoms. The van der Waals surface area contributed by atoms with Crippen LogP contribution < -0.4 is 5.32 Å². The minimum absolute atomic E-state index is 0.00681. The number of anilines is 1. The number of hydrogen-bond donors (Lipinski definition) is 2. The number of nitrogens with one attached hydrogen (secondary N) is 1. The number of phenols is 1. The van der Waals surface area contributed by atoms with Gasteiger partial charge in [0.25, 0.3) is 0 Å². The number of nitrogens with zero attached hydrogens (tertiary/aromatic N) is 3. The zero-order valence-corrected chi connectivity index (χ0v) is 12.1. The molecule has 0 saturated heterocycles. The van der Waals surface area contributed by atoms with Crippen molar-refractivity contribution in [2.75, 3.05) is 5.32 Å². The number of phenolic OH excluding ortho intramolecular Hbond substituents is 1. The van der Waals surface area contributed by atoms with Crippen LogP contribution in [0.15, 0.2) is 30.3 Å². The Labute approximate surface area is 130 Å². The molecule has 0 saturated carbocycles. The summed E-state index contributed by atoms with van der Waals surface area (Å²) in [4.78, 5) is 12.8. The van der Waals surface area contributed by atoms with Crippen molar-refractivity contribution in [2.24, 2.45) is 0 Å². The van der Waals surface area contributed by atoms with E-state index in [0.717, 1.165) is 5.56 Å². The van der Waals surface area contributed by atoms with Gasteiger partial charge in [0.2, 0.25) is 5.91 Å². The molecule has 0 radical (unpaired) electrons. The van der Waals surface area contributed by atoms with Crippen molar-refractivity contribution in [3.63, 3.8) is 0 Å². The van der Waals surface area contributed by atoms with Crippen LogP contribution in [-0.4, -0.2) is 26.0 Å². The van der Waals surface area contributed by atoms with Crippen molar-refractivity contribution < 1.29 is 9.90 Å². The Morgan fingerprint density at radius 1 is 1.14 bits per heavy atom. The van der Waals surface area contributed by atoms with Gasteiger partial charge in [-0.1, -0.05) is 11.6 Å². The summed E-state index contributed by atoms with van der Waals surface area (Å²) < 4.78 is 0. The van der Waals surface area contributed by atoms with E-state index in [1.807, 2.05) is 0 Å².